The van der Waals surface area contributed by atoms with Gasteiger partial charge in [-0.05, 0) is 6.07 Å². The number of alkyl halides is 3. The van der Waals surface area contributed by atoms with Crippen molar-refractivity contribution in [1.82, 2.24) is 9.97 Å². The van der Waals surface area contributed by atoms with Crippen molar-refractivity contribution in [3.63, 3.8) is 0 Å². The van der Waals surface area contributed by atoms with E-state index in [9.17, 15) is 13.2 Å². The molecule has 0 aliphatic carbocycles. The highest BCUT2D eigenvalue weighted by atomic mass is 19.4. The van der Waals surface area contributed by atoms with Crippen LogP contribution in [-0.4, -0.2) is 24.2 Å². The van der Waals surface area contributed by atoms with E-state index in [1.54, 1.807) is 24.3 Å². The summed E-state index contributed by atoms with van der Waals surface area (Å²) in [6.45, 7) is -0.201. The zero-order valence-corrected chi connectivity index (χ0v) is 12.4. The molecule has 120 valence electrons. The number of rotatable bonds is 3. The lowest BCUT2D eigenvalue weighted by Crippen LogP contribution is -2.12. The van der Waals surface area contributed by atoms with Gasteiger partial charge in [-0.2, -0.15) is 13.2 Å². The minimum Gasteiger partial charge on any atom is -0.480 e. The Morgan fingerprint density at radius 1 is 1.13 bits per heavy atom. The first kappa shape index (κ1) is 15.5. The van der Waals surface area contributed by atoms with Crippen LogP contribution in [0.15, 0.2) is 30.5 Å². The molecule has 4 nitrogen and oxygen atoms in total. The van der Waals surface area contributed by atoms with E-state index in [-0.39, 0.29) is 29.0 Å². The van der Waals surface area contributed by atoms with E-state index >= 15 is 0 Å². The number of benzene rings is 1. The fourth-order valence-electron chi connectivity index (χ4n) is 2.64. The number of nitrogens with zero attached hydrogens (tertiary/aromatic N) is 2. The molecule has 0 spiro atoms. The predicted molar refractivity (Wildman–Crippen MR) is 79.3 cm³/mol. The van der Waals surface area contributed by atoms with Gasteiger partial charge in [0.05, 0.1) is 35.7 Å². The number of halogens is 3. The highest BCUT2D eigenvalue weighted by Gasteiger charge is 2.37. The van der Waals surface area contributed by atoms with Gasteiger partial charge in [-0.15, -0.1) is 0 Å². The first-order chi connectivity index (χ1) is 11.0. The minimum atomic E-state index is -4.58. The Labute approximate surface area is 129 Å². The smallest absolute Gasteiger partial charge is 0.417 e. The third-order valence-electron chi connectivity index (χ3n) is 3.53. The standard InChI is InChI=1S/C16H13F3N2O2/c1-22-8-9-7-20-14-10-5-3-4-6-11(10)21-15(23-2)12(14)13(9)16(17,18)19/h3-7H,8H2,1-2H3. The van der Waals surface area contributed by atoms with E-state index in [4.69, 9.17) is 9.47 Å². The summed E-state index contributed by atoms with van der Waals surface area (Å²) in [6, 6.07) is 6.88. The van der Waals surface area contributed by atoms with Gasteiger partial charge >= 0.3 is 6.18 Å². The fraction of sp³-hybridized carbons (Fsp3) is 0.250. The number of hydrogen-bond donors (Lipinski definition) is 0. The summed E-state index contributed by atoms with van der Waals surface area (Å²) in [7, 11) is 2.62. The zero-order chi connectivity index (χ0) is 16.6. The van der Waals surface area contributed by atoms with Crippen LogP contribution in [0, 0.1) is 0 Å². The quantitative estimate of drug-likeness (QED) is 0.685. The summed E-state index contributed by atoms with van der Waals surface area (Å²) in [5, 5.41) is 0.394. The molecule has 3 rings (SSSR count). The van der Waals surface area contributed by atoms with Crippen LogP contribution in [0.2, 0.25) is 0 Å². The average Bonchev–Trinajstić information content (AvgIpc) is 2.52. The summed E-state index contributed by atoms with van der Waals surface area (Å²) in [6.07, 6.45) is -3.38. The Hall–Kier alpha value is -2.41. The van der Waals surface area contributed by atoms with Crippen LogP contribution in [0.25, 0.3) is 21.8 Å². The number of fused-ring (bicyclic) bond motifs is 3. The maximum Gasteiger partial charge on any atom is 0.417 e. The van der Waals surface area contributed by atoms with Crippen LogP contribution in [0.3, 0.4) is 0 Å². The second-order valence-corrected chi connectivity index (χ2v) is 4.95. The molecule has 0 saturated carbocycles. The van der Waals surface area contributed by atoms with Crippen molar-refractivity contribution in [2.45, 2.75) is 12.8 Å². The van der Waals surface area contributed by atoms with Gasteiger partial charge in [-0.1, -0.05) is 18.2 Å². The highest BCUT2D eigenvalue weighted by Crippen LogP contribution is 2.42. The molecular weight excluding hydrogens is 309 g/mol. The SMILES string of the molecule is COCc1cnc2c(c(OC)nc3ccccc32)c1C(F)(F)F. The normalized spacial score (nSPS) is 12.0. The van der Waals surface area contributed by atoms with Crippen molar-refractivity contribution in [1.29, 1.82) is 0 Å². The molecule has 0 fully saturated rings. The third kappa shape index (κ3) is 2.57. The van der Waals surface area contributed by atoms with Crippen LogP contribution in [-0.2, 0) is 17.5 Å². The Morgan fingerprint density at radius 2 is 1.87 bits per heavy atom. The lowest BCUT2D eigenvalue weighted by molar-refractivity contribution is -0.137. The van der Waals surface area contributed by atoms with E-state index in [2.05, 4.69) is 9.97 Å². The molecule has 0 amide bonds. The summed E-state index contributed by atoms with van der Waals surface area (Å²) in [5.41, 5.74) is -0.140. The average molecular weight is 322 g/mol. The van der Waals surface area contributed by atoms with Gasteiger partial charge in [0.25, 0.3) is 0 Å². The number of ether oxygens (including phenoxy) is 2. The van der Waals surface area contributed by atoms with Crippen LogP contribution < -0.4 is 4.74 Å². The van der Waals surface area contributed by atoms with Crippen molar-refractivity contribution in [2.24, 2.45) is 0 Å². The Bertz CT molecular complexity index is 878. The topological polar surface area (TPSA) is 44.2 Å². The van der Waals surface area contributed by atoms with Crippen molar-refractivity contribution in [3.05, 3.63) is 41.6 Å². The second kappa shape index (κ2) is 5.66. The maximum absolute atomic E-state index is 13.7. The van der Waals surface area contributed by atoms with Crippen LogP contribution in [0.5, 0.6) is 5.88 Å². The van der Waals surface area contributed by atoms with Crippen LogP contribution in [0.1, 0.15) is 11.1 Å². The summed E-state index contributed by atoms with van der Waals surface area (Å²) in [4.78, 5) is 8.40. The summed E-state index contributed by atoms with van der Waals surface area (Å²) in [5.74, 6) is -0.100. The van der Waals surface area contributed by atoms with Crippen molar-refractivity contribution < 1.29 is 22.6 Å². The minimum absolute atomic E-state index is 0.0529. The number of hydrogen-bond acceptors (Lipinski definition) is 4. The van der Waals surface area contributed by atoms with Crippen LogP contribution >= 0.6 is 0 Å². The van der Waals surface area contributed by atoms with Gasteiger partial charge in [-0.25, -0.2) is 4.98 Å². The van der Waals surface area contributed by atoms with Gasteiger partial charge in [0.15, 0.2) is 0 Å². The molecule has 0 aliphatic heterocycles. The molecule has 2 heterocycles. The van der Waals surface area contributed by atoms with Crippen molar-refractivity contribution in [3.8, 4) is 5.88 Å². The van der Waals surface area contributed by atoms with E-state index in [0.29, 0.717) is 10.9 Å². The highest BCUT2D eigenvalue weighted by molar-refractivity contribution is 6.07. The molecule has 0 aliphatic rings. The lowest BCUT2D eigenvalue weighted by Gasteiger charge is -2.17. The summed E-state index contributed by atoms with van der Waals surface area (Å²) < 4.78 is 50.9. The monoisotopic (exact) mass is 322 g/mol. The van der Waals surface area contributed by atoms with Gasteiger partial charge in [0.1, 0.15) is 0 Å². The molecule has 0 radical (unpaired) electrons. The largest absolute Gasteiger partial charge is 0.480 e. The first-order valence-corrected chi connectivity index (χ1v) is 6.77. The molecule has 0 N–H and O–H groups in total. The fourth-order valence-corrected chi connectivity index (χ4v) is 2.64. The first-order valence-electron chi connectivity index (χ1n) is 6.77. The number of aromatic nitrogens is 2. The van der Waals surface area contributed by atoms with Crippen molar-refractivity contribution >= 4 is 21.8 Å². The number of methoxy groups -OCH3 is 2. The van der Waals surface area contributed by atoms with Gasteiger partial charge in [0, 0.05) is 24.3 Å². The molecule has 0 unspecified atom stereocenters. The molecule has 0 saturated heterocycles. The van der Waals surface area contributed by atoms with E-state index in [1.165, 1.54) is 20.4 Å². The number of para-hydroxylation sites is 1. The van der Waals surface area contributed by atoms with Gasteiger partial charge in [0.2, 0.25) is 5.88 Å². The van der Waals surface area contributed by atoms with Crippen molar-refractivity contribution in [2.75, 3.05) is 14.2 Å². The van der Waals surface area contributed by atoms with E-state index < -0.39 is 11.7 Å². The molecular formula is C16H13F3N2O2. The Morgan fingerprint density at radius 3 is 2.52 bits per heavy atom. The van der Waals surface area contributed by atoms with Gasteiger partial charge < -0.3 is 9.47 Å². The predicted octanol–water partition coefficient (Wildman–Crippen LogP) is 3.96. The Balaban J connectivity index is 2.52. The summed E-state index contributed by atoms with van der Waals surface area (Å²) >= 11 is 0. The van der Waals surface area contributed by atoms with E-state index in [0.717, 1.165) is 0 Å². The maximum atomic E-state index is 13.7. The zero-order valence-electron chi connectivity index (χ0n) is 12.4. The molecule has 23 heavy (non-hydrogen) atoms. The molecule has 0 bridgehead atoms. The molecule has 3 aromatic rings. The lowest BCUT2D eigenvalue weighted by atomic mass is 10.0. The van der Waals surface area contributed by atoms with Crippen LogP contribution in [0.4, 0.5) is 13.2 Å². The molecule has 2 aromatic heterocycles. The molecule has 0 atom stereocenters. The Kier molecular flexibility index (Phi) is 3.81. The molecule has 7 heteroatoms. The van der Waals surface area contributed by atoms with Gasteiger partial charge in [-0.3, -0.25) is 4.98 Å². The third-order valence-corrected chi connectivity index (χ3v) is 3.53. The van der Waals surface area contributed by atoms with E-state index in [1.807, 2.05) is 0 Å². The molecule has 1 aromatic carbocycles. The second-order valence-electron chi connectivity index (χ2n) is 4.95. The number of pyridine rings is 2.